The number of hydrogen-bond donors (Lipinski definition) is 1. The van der Waals surface area contributed by atoms with E-state index in [0.717, 1.165) is 6.54 Å². The molecule has 0 fully saturated rings. The summed E-state index contributed by atoms with van der Waals surface area (Å²) >= 11 is 5.66. The zero-order chi connectivity index (χ0) is 8.10. The lowest BCUT2D eigenvalue weighted by Crippen LogP contribution is -2.21. The van der Waals surface area contributed by atoms with Gasteiger partial charge >= 0.3 is 0 Å². The summed E-state index contributed by atoms with van der Waals surface area (Å²) in [4.78, 5) is 0. The van der Waals surface area contributed by atoms with E-state index in [1.54, 1.807) is 6.20 Å². The number of hydrogen-bond acceptors (Lipinski definition) is 2. The van der Waals surface area contributed by atoms with Crippen LogP contribution in [0.2, 0.25) is 0 Å². The Bertz CT molecular complexity index is 182. The van der Waals surface area contributed by atoms with E-state index in [0.29, 0.717) is 18.3 Å². The topological polar surface area (TPSA) is 43.8 Å². The van der Waals surface area contributed by atoms with Gasteiger partial charge in [-0.15, -0.1) is 11.6 Å². The number of nitrogens with two attached hydrogens (primary N) is 1. The molecule has 0 aliphatic heterocycles. The van der Waals surface area contributed by atoms with Crippen molar-refractivity contribution in [3.8, 4) is 0 Å². The third kappa shape index (κ3) is 2.52. The molecule has 0 saturated heterocycles. The van der Waals surface area contributed by atoms with Gasteiger partial charge in [0.1, 0.15) is 0 Å². The number of halogens is 1. The number of nitrogens with zero attached hydrogens (tertiary/aromatic N) is 2. The van der Waals surface area contributed by atoms with Gasteiger partial charge < -0.3 is 5.73 Å². The Balaban J connectivity index is 2.41. The molecule has 0 spiro atoms. The highest BCUT2D eigenvalue weighted by molar-refractivity contribution is 6.18. The van der Waals surface area contributed by atoms with E-state index in [1.807, 2.05) is 16.9 Å². The summed E-state index contributed by atoms with van der Waals surface area (Å²) in [5, 5.41) is 4.05. The van der Waals surface area contributed by atoms with Gasteiger partial charge in [0.25, 0.3) is 0 Å². The van der Waals surface area contributed by atoms with Crippen molar-refractivity contribution in [2.45, 2.75) is 6.54 Å². The summed E-state index contributed by atoms with van der Waals surface area (Å²) in [6.07, 6.45) is 3.66. The van der Waals surface area contributed by atoms with Crippen LogP contribution in [0.15, 0.2) is 18.5 Å². The molecule has 1 atom stereocenters. The van der Waals surface area contributed by atoms with Gasteiger partial charge in [-0.1, -0.05) is 0 Å². The van der Waals surface area contributed by atoms with E-state index in [-0.39, 0.29) is 0 Å². The van der Waals surface area contributed by atoms with Crippen LogP contribution in [0.4, 0.5) is 0 Å². The molecule has 62 valence electrons. The molecule has 1 unspecified atom stereocenters. The van der Waals surface area contributed by atoms with E-state index in [4.69, 9.17) is 17.3 Å². The van der Waals surface area contributed by atoms with Crippen molar-refractivity contribution in [3.05, 3.63) is 18.5 Å². The largest absolute Gasteiger partial charge is 0.330 e. The summed E-state index contributed by atoms with van der Waals surface area (Å²) in [7, 11) is 0. The predicted molar refractivity (Wildman–Crippen MR) is 45.5 cm³/mol. The summed E-state index contributed by atoms with van der Waals surface area (Å²) in [6.45, 7) is 1.43. The van der Waals surface area contributed by atoms with E-state index in [2.05, 4.69) is 5.10 Å². The highest BCUT2D eigenvalue weighted by Crippen LogP contribution is 2.00. The monoisotopic (exact) mass is 173 g/mol. The molecule has 2 N–H and O–H groups in total. The minimum Gasteiger partial charge on any atom is -0.330 e. The molecule has 11 heavy (non-hydrogen) atoms. The number of alkyl halides is 1. The molecule has 1 aromatic heterocycles. The minimum absolute atomic E-state index is 0.330. The van der Waals surface area contributed by atoms with Crippen molar-refractivity contribution in [1.82, 2.24) is 9.78 Å². The molecule has 4 heteroatoms. The van der Waals surface area contributed by atoms with Gasteiger partial charge in [-0.2, -0.15) is 5.10 Å². The molecule has 0 amide bonds. The molecule has 1 heterocycles. The van der Waals surface area contributed by atoms with Crippen molar-refractivity contribution < 1.29 is 0 Å². The van der Waals surface area contributed by atoms with E-state index < -0.39 is 0 Å². The molecular weight excluding hydrogens is 162 g/mol. The van der Waals surface area contributed by atoms with E-state index in [9.17, 15) is 0 Å². The first-order valence-electron chi connectivity index (χ1n) is 3.60. The van der Waals surface area contributed by atoms with Gasteiger partial charge in [-0.3, -0.25) is 4.68 Å². The third-order valence-corrected chi connectivity index (χ3v) is 1.99. The molecular formula is C7H12ClN3. The lowest BCUT2D eigenvalue weighted by molar-refractivity contribution is 0.463. The minimum atomic E-state index is 0.330. The highest BCUT2D eigenvalue weighted by Gasteiger charge is 2.04. The first kappa shape index (κ1) is 8.56. The van der Waals surface area contributed by atoms with Crippen LogP contribution in [0.5, 0.6) is 0 Å². The van der Waals surface area contributed by atoms with Gasteiger partial charge in [-0.25, -0.2) is 0 Å². The van der Waals surface area contributed by atoms with Crippen LogP contribution >= 0.6 is 11.6 Å². The highest BCUT2D eigenvalue weighted by atomic mass is 35.5. The Labute approximate surface area is 71.1 Å². The number of rotatable bonds is 4. The first-order valence-corrected chi connectivity index (χ1v) is 4.13. The van der Waals surface area contributed by atoms with Gasteiger partial charge in [0.2, 0.25) is 0 Å². The number of aromatic nitrogens is 2. The van der Waals surface area contributed by atoms with Crippen LogP contribution < -0.4 is 5.73 Å². The third-order valence-electron chi connectivity index (χ3n) is 1.56. The summed E-state index contributed by atoms with van der Waals surface area (Å²) < 4.78 is 1.85. The molecule has 0 aliphatic carbocycles. The fourth-order valence-corrected chi connectivity index (χ4v) is 1.08. The molecule has 0 saturated carbocycles. The molecule has 1 rings (SSSR count). The second-order valence-corrected chi connectivity index (χ2v) is 2.79. The zero-order valence-corrected chi connectivity index (χ0v) is 7.04. The SMILES string of the molecule is NCC(CCl)Cn1cccn1. The van der Waals surface area contributed by atoms with Gasteiger partial charge in [0.15, 0.2) is 0 Å². The van der Waals surface area contributed by atoms with Crippen LogP contribution in [-0.2, 0) is 6.54 Å². The lowest BCUT2D eigenvalue weighted by Gasteiger charge is -2.09. The molecule has 0 bridgehead atoms. The Morgan fingerprint density at radius 2 is 2.45 bits per heavy atom. The average molecular weight is 174 g/mol. The maximum absolute atomic E-state index is 5.66. The van der Waals surface area contributed by atoms with E-state index >= 15 is 0 Å². The standard InChI is InChI=1S/C7H12ClN3/c8-4-7(5-9)6-11-3-1-2-10-11/h1-3,7H,4-6,9H2. The Kier molecular flexibility index (Phi) is 3.39. The normalized spacial score (nSPS) is 13.3. The molecule has 3 nitrogen and oxygen atoms in total. The van der Waals surface area contributed by atoms with Crippen LogP contribution in [0.1, 0.15) is 0 Å². The summed E-state index contributed by atoms with van der Waals surface area (Å²) in [6, 6.07) is 1.89. The molecule has 0 aromatic carbocycles. The van der Waals surface area contributed by atoms with Crippen molar-refractivity contribution >= 4 is 11.6 Å². The zero-order valence-electron chi connectivity index (χ0n) is 6.28. The second kappa shape index (κ2) is 4.36. The fourth-order valence-electron chi connectivity index (χ4n) is 0.859. The van der Waals surface area contributed by atoms with Crippen LogP contribution in [0, 0.1) is 5.92 Å². The van der Waals surface area contributed by atoms with Gasteiger partial charge in [-0.05, 0) is 12.6 Å². The van der Waals surface area contributed by atoms with Crippen molar-refractivity contribution in [2.75, 3.05) is 12.4 Å². The predicted octanol–water partition coefficient (Wildman–Crippen LogP) is 0.697. The van der Waals surface area contributed by atoms with Gasteiger partial charge in [0.05, 0.1) is 0 Å². The second-order valence-electron chi connectivity index (χ2n) is 2.48. The van der Waals surface area contributed by atoms with Gasteiger partial charge in [0, 0.05) is 30.7 Å². The average Bonchev–Trinajstić information content (AvgIpc) is 2.52. The van der Waals surface area contributed by atoms with Crippen LogP contribution in [0.3, 0.4) is 0 Å². The Morgan fingerprint density at radius 3 is 2.91 bits per heavy atom. The van der Waals surface area contributed by atoms with Crippen molar-refractivity contribution in [1.29, 1.82) is 0 Å². The lowest BCUT2D eigenvalue weighted by atomic mass is 10.2. The summed E-state index contributed by atoms with van der Waals surface area (Å²) in [5.74, 6) is 0.924. The maximum Gasteiger partial charge on any atom is 0.0489 e. The first-order chi connectivity index (χ1) is 5.36. The van der Waals surface area contributed by atoms with Crippen LogP contribution in [-0.4, -0.2) is 22.2 Å². The smallest absolute Gasteiger partial charge is 0.0489 e. The molecule has 1 aromatic rings. The van der Waals surface area contributed by atoms with Crippen molar-refractivity contribution in [3.63, 3.8) is 0 Å². The fraction of sp³-hybridized carbons (Fsp3) is 0.571. The molecule has 0 radical (unpaired) electrons. The van der Waals surface area contributed by atoms with E-state index in [1.165, 1.54) is 0 Å². The summed E-state index contributed by atoms with van der Waals surface area (Å²) in [5.41, 5.74) is 5.47. The van der Waals surface area contributed by atoms with Crippen LogP contribution in [0.25, 0.3) is 0 Å². The Hall–Kier alpha value is -0.540. The quantitative estimate of drug-likeness (QED) is 0.682. The molecule has 0 aliphatic rings. The maximum atomic E-state index is 5.66. The Morgan fingerprint density at radius 1 is 1.64 bits per heavy atom. The van der Waals surface area contributed by atoms with Crippen molar-refractivity contribution in [2.24, 2.45) is 11.7 Å².